The second kappa shape index (κ2) is 3.55. The van der Waals surface area contributed by atoms with Crippen LogP contribution in [0.2, 0.25) is 0 Å². The van der Waals surface area contributed by atoms with E-state index in [4.69, 9.17) is 10.8 Å². The van der Waals surface area contributed by atoms with E-state index >= 15 is 0 Å². The van der Waals surface area contributed by atoms with Gasteiger partial charge in [0, 0.05) is 12.7 Å². The largest absolute Gasteiger partial charge is 0.390 e. The van der Waals surface area contributed by atoms with Gasteiger partial charge in [0.2, 0.25) is 0 Å². The van der Waals surface area contributed by atoms with E-state index in [0.717, 1.165) is 6.54 Å². The lowest BCUT2D eigenvalue weighted by Gasteiger charge is -2.29. The summed E-state index contributed by atoms with van der Waals surface area (Å²) < 4.78 is 0. The van der Waals surface area contributed by atoms with E-state index in [2.05, 4.69) is 0 Å². The van der Waals surface area contributed by atoms with Crippen LogP contribution in [-0.2, 0) is 0 Å². The molecule has 2 atom stereocenters. The molecule has 1 rings (SSSR count). The molecular weight excluding hydrogens is 140 g/mol. The minimum atomic E-state index is -0.494. The Morgan fingerprint density at radius 2 is 2.27 bits per heavy atom. The van der Waals surface area contributed by atoms with Crippen LogP contribution >= 0.6 is 0 Å². The number of nitrogens with two attached hydrogens (primary N) is 1. The van der Waals surface area contributed by atoms with Crippen molar-refractivity contribution in [3.05, 3.63) is 24.4 Å². The summed E-state index contributed by atoms with van der Waals surface area (Å²) in [6.07, 6.45) is 6.97. The van der Waals surface area contributed by atoms with Gasteiger partial charge in [-0.3, -0.25) is 0 Å². The average molecular weight is 154 g/mol. The molecule has 0 saturated carbocycles. The third-order valence-electron chi connectivity index (χ3n) is 1.72. The van der Waals surface area contributed by atoms with Crippen molar-refractivity contribution in [1.82, 2.24) is 4.90 Å². The number of hydrogen-bond donors (Lipinski definition) is 2. The van der Waals surface area contributed by atoms with Crippen molar-refractivity contribution in [2.45, 2.75) is 19.2 Å². The van der Waals surface area contributed by atoms with Gasteiger partial charge in [0.1, 0.15) is 6.17 Å². The van der Waals surface area contributed by atoms with Gasteiger partial charge in [-0.05, 0) is 13.0 Å². The van der Waals surface area contributed by atoms with Crippen molar-refractivity contribution in [3.8, 4) is 0 Å². The zero-order valence-corrected chi connectivity index (χ0v) is 6.64. The van der Waals surface area contributed by atoms with Crippen LogP contribution in [0.4, 0.5) is 0 Å². The van der Waals surface area contributed by atoms with Crippen molar-refractivity contribution >= 4 is 0 Å². The monoisotopic (exact) mass is 154 g/mol. The quantitative estimate of drug-likeness (QED) is 0.590. The molecule has 0 fully saturated rings. The van der Waals surface area contributed by atoms with E-state index in [1.54, 1.807) is 6.92 Å². The summed E-state index contributed by atoms with van der Waals surface area (Å²) in [5, 5.41) is 9.15. The Balaban J connectivity index is 2.48. The molecule has 1 aliphatic heterocycles. The molecule has 0 aromatic carbocycles. The summed E-state index contributed by atoms with van der Waals surface area (Å²) in [7, 11) is 0. The minimum Gasteiger partial charge on any atom is -0.390 e. The molecule has 0 aromatic rings. The Kier molecular flexibility index (Phi) is 2.68. The average Bonchev–Trinajstić information content (AvgIpc) is 2.05. The molecule has 3 heteroatoms. The van der Waals surface area contributed by atoms with Crippen LogP contribution in [0.5, 0.6) is 0 Å². The first-order chi connectivity index (χ1) is 5.22. The molecule has 0 aromatic heterocycles. The smallest absolute Gasteiger partial charge is 0.103 e. The predicted molar refractivity (Wildman–Crippen MR) is 44.6 cm³/mol. The number of hydrogen-bond acceptors (Lipinski definition) is 3. The van der Waals surface area contributed by atoms with Crippen LogP contribution in [0, 0.1) is 0 Å². The fourth-order valence-electron chi connectivity index (χ4n) is 0.980. The van der Waals surface area contributed by atoms with Gasteiger partial charge in [0.15, 0.2) is 0 Å². The molecule has 0 aliphatic carbocycles. The van der Waals surface area contributed by atoms with Gasteiger partial charge in [-0.15, -0.1) is 0 Å². The molecule has 3 N–H and O–H groups in total. The summed E-state index contributed by atoms with van der Waals surface area (Å²) in [6.45, 7) is 2.47. The minimum absolute atomic E-state index is 0.295. The van der Waals surface area contributed by atoms with Gasteiger partial charge < -0.3 is 15.7 Å². The Bertz CT molecular complexity index is 175. The van der Waals surface area contributed by atoms with Gasteiger partial charge >= 0.3 is 0 Å². The third-order valence-corrected chi connectivity index (χ3v) is 1.72. The second-order valence-corrected chi connectivity index (χ2v) is 2.70. The summed E-state index contributed by atoms with van der Waals surface area (Å²) in [6, 6.07) is 0. The molecule has 1 heterocycles. The Morgan fingerprint density at radius 3 is 2.73 bits per heavy atom. The standard InChI is InChI=1S/C8H14N2O/c1-7(11)8(9)10-5-3-2-4-6-10/h2-5,7-8,11H,6,9H2,1H3. The number of aliphatic hydroxyl groups is 1. The zero-order chi connectivity index (χ0) is 8.27. The molecule has 2 unspecified atom stereocenters. The Morgan fingerprint density at radius 1 is 1.55 bits per heavy atom. The molecule has 0 amide bonds. The van der Waals surface area contributed by atoms with Crippen LogP contribution in [0.3, 0.4) is 0 Å². The molecule has 11 heavy (non-hydrogen) atoms. The van der Waals surface area contributed by atoms with Crippen LogP contribution in [-0.4, -0.2) is 28.8 Å². The predicted octanol–water partition coefficient (Wildman–Crippen LogP) is 0.0375. The van der Waals surface area contributed by atoms with Crippen molar-refractivity contribution in [1.29, 1.82) is 0 Å². The highest BCUT2D eigenvalue weighted by molar-refractivity contribution is 5.09. The van der Waals surface area contributed by atoms with Crippen molar-refractivity contribution in [2.75, 3.05) is 6.54 Å². The lowest BCUT2D eigenvalue weighted by Crippen LogP contribution is -2.46. The topological polar surface area (TPSA) is 49.5 Å². The normalized spacial score (nSPS) is 21.9. The van der Waals surface area contributed by atoms with Crippen molar-refractivity contribution in [3.63, 3.8) is 0 Å². The first-order valence-corrected chi connectivity index (χ1v) is 3.74. The van der Waals surface area contributed by atoms with Gasteiger partial charge in [0.25, 0.3) is 0 Å². The maximum Gasteiger partial charge on any atom is 0.103 e. The number of rotatable bonds is 2. The van der Waals surface area contributed by atoms with Crippen LogP contribution in [0.1, 0.15) is 6.92 Å². The summed E-state index contributed by atoms with van der Waals surface area (Å²) >= 11 is 0. The maximum atomic E-state index is 9.15. The number of aliphatic hydroxyl groups excluding tert-OH is 1. The van der Waals surface area contributed by atoms with Crippen molar-refractivity contribution in [2.24, 2.45) is 5.73 Å². The van der Waals surface area contributed by atoms with Gasteiger partial charge in [-0.25, -0.2) is 0 Å². The number of nitrogens with zero attached hydrogens (tertiary/aromatic N) is 1. The lowest BCUT2D eigenvalue weighted by molar-refractivity contribution is 0.0965. The molecule has 0 radical (unpaired) electrons. The maximum absolute atomic E-state index is 9.15. The first kappa shape index (κ1) is 8.30. The zero-order valence-electron chi connectivity index (χ0n) is 6.64. The number of allylic oxidation sites excluding steroid dienone is 2. The summed E-state index contributed by atoms with van der Waals surface area (Å²) in [4.78, 5) is 1.89. The molecule has 0 saturated heterocycles. The van der Waals surface area contributed by atoms with Crippen LogP contribution < -0.4 is 5.73 Å². The van der Waals surface area contributed by atoms with Crippen LogP contribution in [0.25, 0.3) is 0 Å². The highest BCUT2D eigenvalue weighted by Gasteiger charge is 2.14. The molecule has 3 nitrogen and oxygen atoms in total. The fraction of sp³-hybridized carbons (Fsp3) is 0.500. The van der Waals surface area contributed by atoms with E-state index in [0.29, 0.717) is 0 Å². The van der Waals surface area contributed by atoms with E-state index in [1.165, 1.54) is 0 Å². The first-order valence-electron chi connectivity index (χ1n) is 3.74. The highest BCUT2D eigenvalue weighted by atomic mass is 16.3. The SMILES string of the molecule is CC(O)C(N)N1C=CC=CC1. The van der Waals surface area contributed by atoms with E-state index in [9.17, 15) is 0 Å². The lowest BCUT2D eigenvalue weighted by atomic mass is 10.2. The fourth-order valence-corrected chi connectivity index (χ4v) is 0.980. The van der Waals surface area contributed by atoms with E-state index in [-0.39, 0.29) is 6.17 Å². The highest BCUT2D eigenvalue weighted by Crippen LogP contribution is 2.03. The Hall–Kier alpha value is -0.800. The van der Waals surface area contributed by atoms with Gasteiger partial charge in [-0.1, -0.05) is 12.2 Å². The van der Waals surface area contributed by atoms with Crippen molar-refractivity contribution < 1.29 is 5.11 Å². The van der Waals surface area contributed by atoms with E-state index < -0.39 is 6.10 Å². The van der Waals surface area contributed by atoms with Crippen LogP contribution in [0.15, 0.2) is 24.4 Å². The molecular formula is C8H14N2O. The Labute approximate surface area is 66.8 Å². The second-order valence-electron chi connectivity index (χ2n) is 2.70. The van der Waals surface area contributed by atoms with Gasteiger partial charge in [-0.2, -0.15) is 0 Å². The van der Waals surface area contributed by atoms with Gasteiger partial charge in [0.05, 0.1) is 6.10 Å². The molecule has 0 bridgehead atoms. The summed E-state index contributed by atoms with van der Waals surface area (Å²) in [5.41, 5.74) is 5.68. The third kappa shape index (κ3) is 2.06. The summed E-state index contributed by atoms with van der Waals surface area (Å²) in [5.74, 6) is 0. The van der Waals surface area contributed by atoms with E-state index in [1.807, 2.05) is 29.3 Å². The molecule has 62 valence electrons. The molecule has 0 spiro atoms. The molecule has 1 aliphatic rings.